The van der Waals surface area contributed by atoms with E-state index in [9.17, 15) is 0 Å². The van der Waals surface area contributed by atoms with E-state index in [1.807, 2.05) is 12.3 Å². The van der Waals surface area contributed by atoms with E-state index in [2.05, 4.69) is 43.1 Å². The first-order valence-corrected chi connectivity index (χ1v) is 5.59. The normalized spacial score (nSPS) is 19.0. The van der Waals surface area contributed by atoms with Gasteiger partial charge >= 0.3 is 0 Å². The van der Waals surface area contributed by atoms with E-state index in [0.29, 0.717) is 5.92 Å². The molecule has 78 valence electrons. The van der Waals surface area contributed by atoms with Gasteiger partial charge in [-0.05, 0) is 24.8 Å². The predicted octanol–water partition coefficient (Wildman–Crippen LogP) is 4.22. The highest BCUT2D eigenvalue weighted by molar-refractivity contribution is 5.73. The Balaban J connectivity index is 2.45. The van der Waals surface area contributed by atoms with Crippen molar-refractivity contribution in [2.45, 2.75) is 26.7 Å². The van der Waals surface area contributed by atoms with Gasteiger partial charge < -0.3 is 0 Å². The van der Waals surface area contributed by atoms with Gasteiger partial charge in [-0.2, -0.15) is 0 Å². The van der Waals surface area contributed by atoms with Crippen LogP contribution >= 0.6 is 0 Å². The molecule has 0 saturated carbocycles. The third kappa shape index (κ3) is 2.35. The number of hydrogen-bond donors (Lipinski definition) is 0. The highest BCUT2D eigenvalue weighted by Gasteiger charge is 2.06. The van der Waals surface area contributed by atoms with Crippen molar-refractivity contribution in [3.05, 3.63) is 35.4 Å². The van der Waals surface area contributed by atoms with Gasteiger partial charge in [0, 0.05) is 11.8 Å². The quantitative estimate of drug-likeness (QED) is 0.642. The molecule has 1 nitrogen and oxygen atoms in total. The fourth-order valence-electron chi connectivity index (χ4n) is 1.85. The lowest BCUT2D eigenvalue weighted by molar-refractivity contribution is 0.728. The van der Waals surface area contributed by atoms with Crippen molar-refractivity contribution in [2.24, 2.45) is 10.9 Å². The van der Waals surface area contributed by atoms with Crippen LogP contribution in [0.3, 0.4) is 0 Å². The first-order valence-electron chi connectivity index (χ1n) is 5.59. The van der Waals surface area contributed by atoms with E-state index in [-0.39, 0.29) is 0 Å². The van der Waals surface area contributed by atoms with Crippen molar-refractivity contribution >= 4 is 18.0 Å². The molecule has 0 amide bonds. The van der Waals surface area contributed by atoms with Crippen LogP contribution in [-0.4, -0.2) is 6.21 Å². The van der Waals surface area contributed by atoms with Gasteiger partial charge in [-0.1, -0.05) is 43.7 Å². The summed E-state index contributed by atoms with van der Waals surface area (Å²) < 4.78 is 0. The molecule has 1 aromatic rings. The Morgan fingerprint density at radius 3 is 2.80 bits per heavy atom. The summed E-state index contributed by atoms with van der Waals surface area (Å²) in [5, 5.41) is 0. The molecule has 1 aliphatic rings. The third-order valence-electron chi connectivity index (χ3n) is 2.81. The molecule has 2 rings (SSSR count). The molecule has 0 radical (unpaired) electrons. The van der Waals surface area contributed by atoms with Crippen molar-refractivity contribution in [1.29, 1.82) is 0 Å². The molecule has 1 aromatic carbocycles. The zero-order chi connectivity index (χ0) is 10.7. The number of hydrogen-bond acceptors (Lipinski definition) is 1. The Hall–Kier alpha value is -1.37. The first kappa shape index (κ1) is 10.2. The van der Waals surface area contributed by atoms with E-state index in [0.717, 1.165) is 18.5 Å². The lowest BCUT2D eigenvalue weighted by atomic mass is 9.95. The molecule has 15 heavy (non-hydrogen) atoms. The van der Waals surface area contributed by atoms with E-state index < -0.39 is 0 Å². The Morgan fingerprint density at radius 1 is 1.20 bits per heavy atom. The van der Waals surface area contributed by atoms with Crippen LogP contribution in [-0.2, 0) is 0 Å². The Labute approximate surface area is 91.6 Å². The number of rotatable bonds is 1. The average Bonchev–Trinajstić information content (AvgIpc) is 2.18. The molecule has 0 aliphatic carbocycles. The van der Waals surface area contributed by atoms with Gasteiger partial charge in [0.15, 0.2) is 0 Å². The number of allylic oxidation sites excluding steroid dienone is 1. The molecule has 0 unspecified atom stereocenters. The van der Waals surface area contributed by atoms with Crippen molar-refractivity contribution in [2.75, 3.05) is 0 Å². The van der Waals surface area contributed by atoms with Crippen LogP contribution in [0.25, 0.3) is 6.08 Å². The predicted molar refractivity (Wildman–Crippen MR) is 66.6 cm³/mol. The van der Waals surface area contributed by atoms with Crippen LogP contribution < -0.4 is 0 Å². The molecule has 0 bridgehead atoms. The van der Waals surface area contributed by atoms with Gasteiger partial charge in [0.1, 0.15) is 0 Å². The number of benzene rings is 1. The maximum atomic E-state index is 4.47. The van der Waals surface area contributed by atoms with Crippen LogP contribution in [0.1, 0.15) is 32.3 Å². The molecule has 1 heterocycles. The molecule has 0 N–H and O–H groups in total. The van der Waals surface area contributed by atoms with Gasteiger partial charge in [-0.25, -0.2) is 0 Å². The third-order valence-corrected chi connectivity index (χ3v) is 2.81. The fourth-order valence-corrected chi connectivity index (χ4v) is 1.85. The molecule has 1 heteroatoms. The van der Waals surface area contributed by atoms with Crippen LogP contribution in [0.2, 0.25) is 0 Å². The minimum absolute atomic E-state index is 0.629. The maximum absolute atomic E-state index is 4.47. The van der Waals surface area contributed by atoms with E-state index in [1.165, 1.54) is 11.1 Å². The lowest BCUT2D eigenvalue weighted by Crippen LogP contribution is -1.96. The summed E-state index contributed by atoms with van der Waals surface area (Å²) in [6.45, 7) is 4.51. The molecule has 1 aliphatic heterocycles. The van der Waals surface area contributed by atoms with Gasteiger partial charge in [0.25, 0.3) is 0 Å². The smallest absolute Gasteiger partial charge is 0.0698 e. The molecular weight excluding hydrogens is 182 g/mol. The van der Waals surface area contributed by atoms with E-state index in [1.54, 1.807) is 0 Å². The van der Waals surface area contributed by atoms with Gasteiger partial charge in [-0.3, -0.25) is 4.99 Å². The number of nitrogens with zero attached hydrogens (tertiary/aromatic N) is 1. The van der Waals surface area contributed by atoms with Gasteiger partial charge in [0.2, 0.25) is 0 Å². The molecule has 0 fully saturated rings. The summed E-state index contributed by atoms with van der Waals surface area (Å²) in [6, 6.07) is 8.33. The lowest BCUT2D eigenvalue weighted by Gasteiger charge is -2.13. The van der Waals surface area contributed by atoms with Crippen LogP contribution in [0.4, 0.5) is 5.69 Å². The summed E-state index contributed by atoms with van der Waals surface area (Å²) in [5.41, 5.74) is 3.86. The van der Waals surface area contributed by atoms with Crippen LogP contribution in [0, 0.1) is 5.92 Å². The van der Waals surface area contributed by atoms with Crippen molar-refractivity contribution < 1.29 is 0 Å². The number of aliphatic imine (C=N–C) groups is 1. The number of para-hydroxylation sites is 1. The van der Waals surface area contributed by atoms with Gasteiger partial charge in [0.05, 0.1) is 5.69 Å². The highest BCUT2D eigenvalue weighted by Crippen LogP contribution is 2.27. The zero-order valence-corrected chi connectivity index (χ0v) is 9.40. The second-order valence-corrected chi connectivity index (χ2v) is 4.28. The summed E-state index contributed by atoms with van der Waals surface area (Å²) in [5.74, 6) is 0.629. The van der Waals surface area contributed by atoms with Crippen molar-refractivity contribution in [1.82, 2.24) is 0 Å². The average molecular weight is 199 g/mol. The van der Waals surface area contributed by atoms with E-state index >= 15 is 0 Å². The summed E-state index contributed by atoms with van der Waals surface area (Å²) >= 11 is 0. The Bertz CT molecular complexity index is 400. The van der Waals surface area contributed by atoms with Gasteiger partial charge in [-0.15, -0.1) is 0 Å². The second-order valence-electron chi connectivity index (χ2n) is 4.28. The monoisotopic (exact) mass is 199 g/mol. The Morgan fingerprint density at radius 2 is 2.00 bits per heavy atom. The summed E-state index contributed by atoms with van der Waals surface area (Å²) in [6.07, 6.45) is 6.53. The van der Waals surface area contributed by atoms with Crippen LogP contribution in [0.5, 0.6) is 0 Å². The minimum Gasteiger partial charge on any atom is -0.261 e. The second kappa shape index (κ2) is 4.43. The largest absolute Gasteiger partial charge is 0.261 e. The SMILES string of the molecule is CC(C)/C1=C/c2ccccc2N=CCC1. The molecule has 0 saturated heterocycles. The first-order chi connectivity index (χ1) is 7.27. The zero-order valence-electron chi connectivity index (χ0n) is 9.40. The number of fused-ring (bicyclic) bond motifs is 1. The molecule has 0 atom stereocenters. The van der Waals surface area contributed by atoms with E-state index in [4.69, 9.17) is 0 Å². The minimum atomic E-state index is 0.629. The summed E-state index contributed by atoms with van der Waals surface area (Å²) in [4.78, 5) is 4.47. The van der Waals surface area contributed by atoms with Crippen molar-refractivity contribution in [3.63, 3.8) is 0 Å². The van der Waals surface area contributed by atoms with Crippen LogP contribution in [0.15, 0.2) is 34.8 Å². The molecule has 0 aromatic heterocycles. The highest BCUT2D eigenvalue weighted by atomic mass is 14.7. The maximum Gasteiger partial charge on any atom is 0.0698 e. The molecular formula is C14H17N. The topological polar surface area (TPSA) is 12.4 Å². The molecule has 0 spiro atoms. The van der Waals surface area contributed by atoms with Crippen molar-refractivity contribution in [3.8, 4) is 0 Å². The Kier molecular flexibility index (Phi) is 3.00. The summed E-state index contributed by atoms with van der Waals surface area (Å²) in [7, 11) is 0. The standard InChI is InChI=1S/C14H17N/c1-11(2)12-7-5-9-15-14-8-4-3-6-13(14)10-12/h3-4,6,8-11H,5,7H2,1-2H3/b12-10+,15-9?. The fraction of sp³-hybridized carbons (Fsp3) is 0.357.